The molecule has 5 heteroatoms. The third-order valence-corrected chi connectivity index (χ3v) is 2.87. The molecule has 2 rings (SSSR count). The SMILES string of the molecule is O=C(O)C1CCN(CCc2cnc[nH]2)C1. The number of rotatable bonds is 4. The van der Waals surface area contributed by atoms with Gasteiger partial charge in [0.15, 0.2) is 0 Å². The molecule has 1 unspecified atom stereocenters. The molecule has 1 aromatic rings. The van der Waals surface area contributed by atoms with E-state index in [1.165, 1.54) is 0 Å². The van der Waals surface area contributed by atoms with Crippen molar-refractivity contribution < 1.29 is 9.90 Å². The van der Waals surface area contributed by atoms with E-state index in [2.05, 4.69) is 14.9 Å². The molecule has 1 atom stereocenters. The molecule has 1 aliphatic rings. The van der Waals surface area contributed by atoms with E-state index in [0.717, 1.165) is 31.6 Å². The maximum absolute atomic E-state index is 10.7. The van der Waals surface area contributed by atoms with Gasteiger partial charge in [0.1, 0.15) is 0 Å². The van der Waals surface area contributed by atoms with Gasteiger partial charge in [0, 0.05) is 31.4 Å². The molecule has 5 nitrogen and oxygen atoms in total. The third kappa shape index (κ3) is 2.56. The van der Waals surface area contributed by atoms with Gasteiger partial charge < -0.3 is 15.0 Å². The number of H-pyrrole nitrogens is 1. The molecule has 2 heterocycles. The normalized spacial score (nSPS) is 22.0. The van der Waals surface area contributed by atoms with Crippen molar-refractivity contribution in [3.05, 3.63) is 18.2 Å². The van der Waals surface area contributed by atoms with Crippen LogP contribution in [0.5, 0.6) is 0 Å². The number of hydrogen-bond acceptors (Lipinski definition) is 3. The van der Waals surface area contributed by atoms with Crippen molar-refractivity contribution >= 4 is 5.97 Å². The summed E-state index contributed by atoms with van der Waals surface area (Å²) in [4.78, 5) is 19.9. The molecule has 15 heavy (non-hydrogen) atoms. The first-order valence-electron chi connectivity index (χ1n) is 5.18. The molecule has 0 saturated carbocycles. The zero-order valence-electron chi connectivity index (χ0n) is 8.52. The Balaban J connectivity index is 1.75. The minimum Gasteiger partial charge on any atom is -0.481 e. The van der Waals surface area contributed by atoms with Crippen LogP contribution >= 0.6 is 0 Å². The number of likely N-dealkylation sites (tertiary alicyclic amines) is 1. The summed E-state index contributed by atoms with van der Waals surface area (Å²) in [5.41, 5.74) is 1.11. The van der Waals surface area contributed by atoms with Gasteiger partial charge in [-0.2, -0.15) is 0 Å². The Morgan fingerprint density at radius 1 is 1.73 bits per heavy atom. The quantitative estimate of drug-likeness (QED) is 0.751. The maximum Gasteiger partial charge on any atom is 0.307 e. The third-order valence-electron chi connectivity index (χ3n) is 2.87. The Labute approximate surface area is 88.1 Å². The van der Waals surface area contributed by atoms with Crippen LogP contribution in [0, 0.1) is 5.92 Å². The summed E-state index contributed by atoms with van der Waals surface area (Å²) < 4.78 is 0. The summed E-state index contributed by atoms with van der Waals surface area (Å²) in [5.74, 6) is -0.842. The first-order chi connectivity index (χ1) is 7.25. The smallest absolute Gasteiger partial charge is 0.307 e. The van der Waals surface area contributed by atoms with Gasteiger partial charge in [0.25, 0.3) is 0 Å². The lowest BCUT2D eigenvalue weighted by Crippen LogP contribution is -2.25. The van der Waals surface area contributed by atoms with Crippen molar-refractivity contribution in [2.75, 3.05) is 19.6 Å². The average Bonchev–Trinajstić information content (AvgIpc) is 2.86. The second kappa shape index (κ2) is 4.44. The zero-order valence-corrected chi connectivity index (χ0v) is 8.52. The molecule has 1 saturated heterocycles. The first-order valence-corrected chi connectivity index (χ1v) is 5.18. The molecule has 1 aliphatic heterocycles. The zero-order chi connectivity index (χ0) is 10.7. The van der Waals surface area contributed by atoms with E-state index < -0.39 is 5.97 Å². The van der Waals surface area contributed by atoms with Crippen LogP contribution in [-0.4, -0.2) is 45.6 Å². The Hall–Kier alpha value is -1.36. The van der Waals surface area contributed by atoms with Gasteiger partial charge in [-0.05, 0) is 13.0 Å². The fraction of sp³-hybridized carbons (Fsp3) is 0.600. The molecular weight excluding hydrogens is 194 g/mol. The average molecular weight is 209 g/mol. The minimum absolute atomic E-state index is 0.174. The summed E-state index contributed by atoms with van der Waals surface area (Å²) in [6.07, 6.45) is 5.16. The number of nitrogens with one attached hydrogen (secondary N) is 1. The van der Waals surface area contributed by atoms with Crippen molar-refractivity contribution in [1.29, 1.82) is 0 Å². The highest BCUT2D eigenvalue weighted by Gasteiger charge is 2.27. The van der Waals surface area contributed by atoms with Gasteiger partial charge in [0.05, 0.1) is 12.2 Å². The van der Waals surface area contributed by atoms with Crippen LogP contribution in [0.25, 0.3) is 0 Å². The van der Waals surface area contributed by atoms with Crippen molar-refractivity contribution in [3.8, 4) is 0 Å². The number of aromatic nitrogens is 2. The lowest BCUT2D eigenvalue weighted by molar-refractivity contribution is -0.141. The predicted octanol–water partition coefficient (Wildman–Crippen LogP) is 0.359. The van der Waals surface area contributed by atoms with Gasteiger partial charge in [0.2, 0.25) is 0 Å². The number of aliphatic carboxylic acids is 1. The highest BCUT2D eigenvalue weighted by Crippen LogP contribution is 2.16. The van der Waals surface area contributed by atoms with Gasteiger partial charge >= 0.3 is 5.97 Å². The molecule has 0 aliphatic carbocycles. The highest BCUT2D eigenvalue weighted by molar-refractivity contribution is 5.70. The molecule has 0 aromatic carbocycles. The topological polar surface area (TPSA) is 69.2 Å². The molecule has 0 spiro atoms. The number of imidazole rings is 1. The number of nitrogens with zero attached hydrogens (tertiary/aromatic N) is 2. The Kier molecular flexibility index (Phi) is 3.01. The van der Waals surface area contributed by atoms with Crippen molar-refractivity contribution in [2.45, 2.75) is 12.8 Å². The lowest BCUT2D eigenvalue weighted by Gasteiger charge is -2.13. The summed E-state index contributed by atoms with van der Waals surface area (Å²) in [7, 11) is 0. The fourth-order valence-electron chi connectivity index (χ4n) is 1.94. The minimum atomic E-state index is -0.668. The van der Waals surface area contributed by atoms with Gasteiger partial charge in [-0.3, -0.25) is 4.79 Å². The molecule has 2 N–H and O–H groups in total. The number of carboxylic acids is 1. The predicted molar refractivity (Wildman–Crippen MR) is 54.5 cm³/mol. The molecule has 82 valence electrons. The van der Waals surface area contributed by atoms with Crippen LogP contribution in [0.3, 0.4) is 0 Å². The molecule has 0 radical (unpaired) electrons. The lowest BCUT2D eigenvalue weighted by atomic mass is 10.1. The Bertz CT molecular complexity index is 323. The van der Waals surface area contributed by atoms with Crippen molar-refractivity contribution in [3.63, 3.8) is 0 Å². The fourth-order valence-corrected chi connectivity index (χ4v) is 1.94. The van der Waals surface area contributed by atoms with Crippen LogP contribution in [0.2, 0.25) is 0 Å². The molecular formula is C10H15N3O2. The van der Waals surface area contributed by atoms with Crippen molar-refractivity contribution in [2.24, 2.45) is 5.92 Å². The van der Waals surface area contributed by atoms with E-state index in [1.54, 1.807) is 6.33 Å². The largest absolute Gasteiger partial charge is 0.481 e. The summed E-state index contributed by atoms with van der Waals surface area (Å²) in [6, 6.07) is 0. The molecule has 1 aromatic heterocycles. The van der Waals surface area contributed by atoms with E-state index in [0.29, 0.717) is 6.54 Å². The van der Waals surface area contributed by atoms with E-state index in [-0.39, 0.29) is 5.92 Å². The standard InChI is InChI=1S/C10H15N3O2/c14-10(15)8-1-3-13(6-8)4-2-9-5-11-7-12-9/h5,7-8H,1-4,6H2,(H,11,12)(H,14,15). The summed E-state index contributed by atoms with van der Waals surface area (Å²) in [5, 5.41) is 8.84. The second-order valence-corrected chi connectivity index (χ2v) is 3.95. The van der Waals surface area contributed by atoms with E-state index >= 15 is 0 Å². The van der Waals surface area contributed by atoms with E-state index in [4.69, 9.17) is 5.11 Å². The van der Waals surface area contributed by atoms with Crippen LogP contribution in [-0.2, 0) is 11.2 Å². The van der Waals surface area contributed by atoms with Gasteiger partial charge in [-0.15, -0.1) is 0 Å². The highest BCUT2D eigenvalue weighted by atomic mass is 16.4. The molecule has 1 fully saturated rings. The number of hydrogen-bond donors (Lipinski definition) is 2. The van der Waals surface area contributed by atoms with Gasteiger partial charge in [-0.1, -0.05) is 0 Å². The van der Waals surface area contributed by atoms with E-state index in [1.807, 2.05) is 6.20 Å². The monoisotopic (exact) mass is 209 g/mol. The summed E-state index contributed by atoms with van der Waals surface area (Å²) >= 11 is 0. The number of carboxylic acid groups (broad SMARTS) is 1. The number of aromatic amines is 1. The van der Waals surface area contributed by atoms with Crippen LogP contribution < -0.4 is 0 Å². The van der Waals surface area contributed by atoms with Crippen LogP contribution in [0.4, 0.5) is 0 Å². The molecule has 0 bridgehead atoms. The van der Waals surface area contributed by atoms with Crippen molar-refractivity contribution in [1.82, 2.24) is 14.9 Å². The summed E-state index contributed by atoms with van der Waals surface area (Å²) in [6.45, 7) is 2.49. The second-order valence-electron chi connectivity index (χ2n) is 3.95. The molecule has 0 amide bonds. The van der Waals surface area contributed by atoms with E-state index in [9.17, 15) is 4.79 Å². The van der Waals surface area contributed by atoms with Crippen LogP contribution in [0.1, 0.15) is 12.1 Å². The van der Waals surface area contributed by atoms with Crippen LogP contribution in [0.15, 0.2) is 12.5 Å². The first kappa shape index (κ1) is 10.2. The Morgan fingerprint density at radius 2 is 2.60 bits per heavy atom. The number of carbonyl (C=O) groups is 1. The maximum atomic E-state index is 10.7. The Morgan fingerprint density at radius 3 is 3.20 bits per heavy atom. The van der Waals surface area contributed by atoms with Gasteiger partial charge in [-0.25, -0.2) is 4.98 Å².